The Bertz CT molecular complexity index is 392. The number of carbonyl (C=O) groups excluding carboxylic acids is 2. The molecule has 0 aromatic heterocycles. The number of nitrogens with zero attached hydrogens (tertiary/aromatic N) is 1. The van der Waals surface area contributed by atoms with E-state index in [-0.39, 0.29) is 18.4 Å². The maximum atomic E-state index is 11.6. The number of hydrogen-bond donors (Lipinski definition) is 3. The summed E-state index contributed by atoms with van der Waals surface area (Å²) in [6.07, 6.45) is 0.864. The number of nitrogens with one attached hydrogen (secondary N) is 2. The molecule has 1 aliphatic rings. The van der Waals surface area contributed by atoms with Crippen LogP contribution in [0.3, 0.4) is 0 Å². The van der Waals surface area contributed by atoms with Crippen molar-refractivity contribution in [3.8, 4) is 0 Å². The van der Waals surface area contributed by atoms with Crippen molar-refractivity contribution in [2.24, 2.45) is 17.8 Å². The average Bonchev–Trinajstić information content (AvgIpc) is 2.31. The van der Waals surface area contributed by atoms with Gasteiger partial charge in [-0.3, -0.25) is 19.8 Å². The molecule has 3 amide bonds. The maximum absolute atomic E-state index is 11.6. The molecule has 0 saturated carbocycles. The average molecular weight is 299 g/mol. The minimum absolute atomic E-state index is 0.0789. The fraction of sp³-hybridized carbons (Fsp3) is 0.786. The Morgan fingerprint density at radius 2 is 1.86 bits per heavy atom. The molecular formula is C14H25N3O4. The van der Waals surface area contributed by atoms with Gasteiger partial charge in [0.1, 0.15) is 0 Å². The lowest BCUT2D eigenvalue weighted by molar-refractivity contribution is -0.145. The van der Waals surface area contributed by atoms with Gasteiger partial charge in [-0.25, -0.2) is 4.79 Å². The molecule has 1 heterocycles. The van der Waals surface area contributed by atoms with E-state index in [1.54, 1.807) is 6.92 Å². The Balaban J connectivity index is 2.15. The monoisotopic (exact) mass is 299 g/mol. The molecule has 7 nitrogen and oxygen atoms in total. The van der Waals surface area contributed by atoms with Gasteiger partial charge in [0.2, 0.25) is 5.91 Å². The van der Waals surface area contributed by atoms with Crippen LogP contribution in [0.25, 0.3) is 0 Å². The van der Waals surface area contributed by atoms with Gasteiger partial charge >= 0.3 is 12.0 Å². The summed E-state index contributed by atoms with van der Waals surface area (Å²) in [5.41, 5.74) is 0. The van der Waals surface area contributed by atoms with Gasteiger partial charge in [0.25, 0.3) is 0 Å². The number of carboxylic acids is 1. The van der Waals surface area contributed by atoms with Gasteiger partial charge in [-0.2, -0.15) is 0 Å². The molecule has 3 N–H and O–H groups in total. The molecule has 1 unspecified atom stereocenters. The van der Waals surface area contributed by atoms with Crippen LogP contribution in [0.5, 0.6) is 0 Å². The second-order valence-corrected chi connectivity index (χ2v) is 6.07. The number of carbonyl (C=O) groups is 3. The van der Waals surface area contributed by atoms with E-state index < -0.39 is 17.9 Å². The molecule has 1 fully saturated rings. The number of carboxylic acid groups (broad SMARTS) is 1. The molecule has 1 atom stereocenters. The topological polar surface area (TPSA) is 98.7 Å². The number of likely N-dealkylation sites (tertiary alicyclic amines) is 1. The number of hydrogen-bond acceptors (Lipinski definition) is 4. The van der Waals surface area contributed by atoms with Crippen molar-refractivity contribution in [1.82, 2.24) is 15.5 Å². The maximum Gasteiger partial charge on any atom is 0.321 e. The molecular weight excluding hydrogens is 274 g/mol. The van der Waals surface area contributed by atoms with Crippen LogP contribution in [0, 0.1) is 17.8 Å². The fourth-order valence-corrected chi connectivity index (χ4v) is 2.14. The standard InChI is InChI=1S/C14H25N3O4/c1-9(2)4-5-15-14(21)16-12(18)8-17-6-11(7-17)10(3)13(19)20/h9-11H,4-8H2,1-3H3,(H,19,20)(H2,15,16,18,21). The summed E-state index contributed by atoms with van der Waals surface area (Å²) in [5.74, 6) is -0.999. The summed E-state index contributed by atoms with van der Waals surface area (Å²) in [6.45, 7) is 7.61. The van der Waals surface area contributed by atoms with Gasteiger partial charge in [0.05, 0.1) is 12.5 Å². The van der Waals surface area contributed by atoms with Crippen LogP contribution < -0.4 is 10.6 Å². The lowest BCUT2D eigenvalue weighted by Gasteiger charge is -2.40. The zero-order valence-corrected chi connectivity index (χ0v) is 12.9. The Kier molecular flexibility index (Phi) is 6.61. The van der Waals surface area contributed by atoms with Gasteiger partial charge in [-0.15, -0.1) is 0 Å². The Labute approximate surface area is 125 Å². The third-order valence-corrected chi connectivity index (χ3v) is 3.71. The van der Waals surface area contributed by atoms with Crippen LogP contribution in [-0.4, -0.2) is 54.1 Å². The predicted molar refractivity (Wildman–Crippen MR) is 77.7 cm³/mol. The number of imide groups is 1. The Morgan fingerprint density at radius 3 is 2.38 bits per heavy atom. The van der Waals surface area contributed by atoms with Crippen LogP contribution in [0.15, 0.2) is 0 Å². The molecule has 120 valence electrons. The van der Waals surface area contributed by atoms with E-state index in [1.165, 1.54) is 0 Å². The summed E-state index contributed by atoms with van der Waals surface area (Å²) in [5, 5.41) is 13.8. The first kappa shape index (κ1) is 17.4. The van der Waals surface area contributed by atoms with Gasteiger partial charge in [-0.05, 0) is 18.3 Å². The van der Waals surface area contributed by atoms with E-state index in [1.807, 2.05) is 4.90 Å². The molecule has 7 heteroatoms. The zero-order valence-electron chi connectivity index (χ0n) is 12.9. The van der Waals surface area contributed by atoms with Crippen molar-refractivity contribution in [2.45, 2.75) is 27.2 Å². The smallest absolute Gasteiger partial charge is 0.321 e. The molecule has 0 bridgehead atoms. The first-order valence-electron chi connectivity index (χ1n) is 7.32. The van der Waals surface area contributed by atoms with Gasteiger partial charge < -0.3 is 10.4 Å². The van der Waals surface area contributed by atoms with Crippen molar-refractivity contribution < 1.29 is 19.5 Å². The molecule has 1 aliphatic heterocycles. The van der Waals surface area contributed by atoms with Crippen molar-refractivity contribution in [3.05, 3.63) is 0 Å². The molecule has 21 heavy (non-hydrogen) atoms. The van der Waals surface area contributed by atoms with E-state index in [9.17, 15) is 14.4 Å². The minimum atomic E-state index is -0.811. The summed E-state index contributed by atoms with van der Waals surface area (Å²) in [4.78, 5) is 35.7. The first-order chi connectivity index (χ1) is 9.79. The van der Waals surface area contributed by atoms with Crippen molar-refractivity contribution in [1.29, 1.82) is 0 Å². The second kappa shape index (κ2) is 7.97. The van der Waals surface area contributed by atoms with Crippen LogP contribution in [0.2, 0.25) is 0 Å². The summed E-state index contributed by atoms with van der Waals surface area (Å²) < 4.78 is 0. The molecule has 1 rings (SSSR count). The van der Waals surface area contributed by atoms with E-state index in [4.69, 9.17) is 5.11 Å². The third kappa shape index (κ3) is 6.12. The highest BCUT2D eigenvalue weighted by Gasteiger charge is 2.35. The van der Waals surface area contributed by atoms with Crippen molar-refractivity contribution in [3.63, 3.8) is 0 Å². The summed E-state index contributed by atoms with van der Waals surface area (Å²) in [7, 11) is 0. The lowest BCUT2D eigenvalue weighted by atomic mass is 9.87. The largest absolute Gasteiger partial charge is 0.481 e. The summed E-state index contributed by atoms with van der Waals surface area (Å²) >= 11 is 0. The zero-order chi connectivity index (χ0) is 16.0. The molecule has 0 aromatic carbocycles. The Morgan fingerprint density at radius 1 is 1.24 bits per heavy atom. The number of urea groups is 1. The predicted octanol–water partition coefficient (Wildman–Crippen LogP) is 0.511. The normalized spacial score (nSPS) is 17.1. The van der Waals surface area contributed by atoms with Crippen molar-refractivity contribution in [2.75, 3.05) is 26.2 Å². The van der Waals surface area contributed by atoms with Crippen molar-refractivity contribution >= 4 is 17.9 Å². The molecule has 0 spiro atoms. The van der Waals surface area contributed by atoms with E-state index in [2.05, 4.69) is 24.5 Å². The first-order valence-corrected chi connectivity index (χ1v) is 7.32. The number of amides is 3. The van der Waals surface area contributed by atoms with E-state index in [0.29, 0.717) is 25.6 Å². The summed E-state index contributed by atoms with van der Waals surface area (Å²) in [6, 6.07) is -0.475. The second-order valence-electron chi connectivity index (χ2n) is 6.07. The van der Waals surface area contributed by atoms with E-state index >= 15 is 0 Å². The molecule has 0 aromatic rings. The number of aliphatic carboxylic acids is 1. The van der Waals surface area contributed by atoms with Gasteiger partial charge in [0.15, 0.2) is 0 Å². The number of rotatable bonds is 7. The SMILES string of the molecule is CC(C)CCNC(=O)NC(=O)CN1CC(C(C)C(=O)O)C1. The quantitative estimate of drug-likeness (QED) is 0.636. The highest BCUT2D eigenvalue weighted by atomic mass is 16.4. The van der Waals surface area contributed by atoms with E-state index in [0.717, 1.165) is 6.42 Å². The van der Waals surface area contributed by atoms with Gasteiger partial charge in [-0.1, -0.05) is 20.8 Å². The van der Waals surface area contributed by atoms with Crippen LogP contribution in [-0.2, 0) is 9.59 Å². The molecule has 1 saturated heterocycles. The third-order valence-electron chi connectivity index (χ3n) is 3.71. The van der Waals surface area contributed by atoms with Crippen LogP contribution in [0.4, 0.5) is 4.79 Å². The minimum Gasteiger partial charge on any atom is -0.481 e. The highest BCUT2D eigenvalue weighted by molar-refractivity contribution is 5.95. The van der Waals surface area contributed by atoms with Crippen LogP contribution >= 0.6 is 0 Å². The molecule has 0 radical (unpaired) electrons. The molecule has 0 aliphatic carbocycles. The highest BCUT2D eigenvalue weighted by Crippen LogP contribution is 2.23. The van der Waals surface area contributed by atoms with Crippen LogP contribution in [0.1, 0.15) is 27.2 Å². The fourth-order valence-electron chi connectivity index (χ4n) is 2.14. The lowest BCUT2D eigenvalue weighted by Crippen LogP contribution is -2.55. The Hall–Kier alpha value is -1.63. The van der Waals surface area contributed by atoms with Gasteiger partial charge in [0, 0.05) is 19.6 Å².